The van der Waals surface area contributed by atoms with E-state index in [0.29, 0.717) is 31.0 Å². The zero-order valence-electron chi connectivity index (χ0n) is 17.5. The smallest absolute Gasteiger partial charge is 0.254 e. The van der Waals surface area contributed by atoms with Gasteiger partial charge < -0.3 is 14.2 Å². The van der Waals surface area contributed by atoms with E-state index in [1.807, 2.05) is 38.2 Å². The quantitative estimate of drug-likeness (QED) is 0.660. The van der Waals surface area contributed by atoms with Crippen LogP contribution in [0.1, 0.15) is 27.2 Å². The van der Waals surface area contributed by atoms with Crippen LogP contribution < -0.4 is 9.62 Å². The van der Waals surface area contributed by atoms with Crippen LogP contribution in [0.15, 0.2) is 70.2 Å². The molecule has 1 N–H and O–H groups in total. The summed E-state index contributed by atoms with van der Waals surface area (Å²) in [5, 5.41) is 0. The summed E-state index contributed by atoms with van der Waals surface area (Å²) in [6, 6.07) is 16.1. The van der Waals surface area contributed by atoms with E-state index in [2.05, 4.69) is 9.62 Å². The lowest BCUT2D eigenvalue weighted by molar-refractivity contribution is 0.0750. The molecule has 0 fully saturated rings. The standard InChI is InChI=1S/C23H25N3O4S/c1-17-9-10-20(31(28,29)24-15-19-7-5-13-30-19)14-21(17)23(27)26-12-11-25(2)22-8-4-3-6-18(22)16-26/h3-10,13-14,24H,11-12,15-16H2,1-2H3. The average molecular weight is 440 g/mol. The van der Waals surface area contributed by atoms with E-state index >= 15 is 0 Å². The van der Waals surface area contributed by atoms with Crippen molar-refractivity contribution >= 4 is 21.6 Å². The number of aryl methyl sites for hydroxylation is 1. The predicted octanol–water partition coefficient (Wildman–Crippen LogP) is 3.16. The van der Waals surface area contributed by atoms with Crippen LogP contribution in [0.5, 0.6) is 0 Å². The normalized spacial score (nSPS) is 14.3. The largest absolute Gasteiger partial charge is 0.468 e. The number of rotatable bonds is 5. The Hall–Kier alpha value is -3.10. The summed E-state index contributed by atoms with van der Waals surface area (Å²) >= 11 is 0. The first-order valence-corrected chi connectivity index (χ1v) is 11.5. The molecule has 1 aromatic heterocycles. The number of likely N-dealkylation sites (N-methyl/N-ethyl adjacent to an activating group) is 1. The van der Waals surface area contributed by atoms with Crippen LogP contribution in [-0.2, 0) is 23.1 Å². The number of hydrogen-bond donors (Lipinski definition) is 1. The van der Waals surface area contributed by atoms with Gasteiger partial charge in [-0.3, -0.25) is 4.79 Å². The van der Waals surface area contributed by atoms with E-state index in [-0.39, 0.29) is 17.3 Å². The van der Waals surface area contributed by atoms with Crippen molar-refractivity contribution in [1.82, 2.24) is 9.62 Å². The Balaban J connectivity index is 1.59. The highest BCUT2D eigenvalue weighted by atomic mass is 32.2. The fourth-order valence-corrected chi connectivity index (χ4v) is 4.72. The SMILES string of the molecule is Cc1ccc(S(=O)(=O)NCc2ccco2)cc1C(=O)N1CCN(C)c2ccccc2C1. The van der Waals surface area contributed by atoms with Crippen molar-refractivity contribution in [2.45, 2.75) is 24.9 Å². The number of nitrogens with zero attached hydrogens (tertiary/aromatic N) is 2. The predicted molar refractivity (Wildman–Crippen MR) is 118 cm³/mol. The molecule has 0 saturated carbocycles. The summed E-state index contributed by atoms with van der Waals surface area (Å²) in [7, 11) is -1.78. The number of hydrogen-bond acceptors (Lipinski definition) is 5. The maximum absolute atomic E-state index is 13.4. The summed E-state index contributed by atoms with van der Waals surface area (Å²) in [4.78, 5) is 17.4. The molecule has 0 saturated heterocycles. The summed E-state index contributed by atoms with van der Waals surface area (Å²) in [5.74, 6) is 0.338. The van der Waals surface area contributed by atoms with Crippen LogP contribution >= 0.6 is 0 Å². The molecule has 8 heteroatoms. The third kappa shape index (κ3) is 4.50. The van der Waals surface area contributed by atoms with Gasteiger partial charge in [-0.05, 0) is 48.4 Å². The van der Waals surface area contributed by atoms with E-state index in [0.717, 1.165) is 16.8 Å². The zero-order valence-corrected chi connectivity index (χ0v) is 18.4. The van der Waals surface area contributed by atoms with Crippen LogP contribution in [0, 0.1) is 6.92 Å². The van der Waals surface area contributed by atoms with Crippen LogP contribution in [0.25, 0.3) is 0 Å². The second-order valence-electron chi connectivity index (χ2n) is 7.66. The van der Waals surface area contributed by atoms with Gasteiger partial charge in [0, 0.05) is 37.9 Å². The molecule has 2 aromatic carbocycles. The molecule has 1 amide bonds. The van der Waals surface area contributed by atoms with Crippen molar-refractivity contribution in [3.63, 3.8) is 0 Å². The van der Waals surface area contributed by atoms with Gasteiger partial charge >= 0.3 is 0 Å². The number of fused-ring (bicyclic) bond motifs is 1. The molecule has 162 valence electrons. The first-order chi connectivity index (χ1) is 14.8. The first kappa shape index (κ1) is 21.1. The summed E-state index contributed by atoms with van der Waals surface area (Å²) in [5.41, 5.74) is 3.30. The van der Waals surface area contributed by atoms with E-state index in [4.69, 9.17) is 4.42 Å². The highest BCUT2D eigenvalue weighted by Crippen LogP contribution is 2.26. The minimum atomic E-state index is -3.79. The molecule has 0 radical (unpaired) electrons. The molecule has 0 bridgehead atoms. The molecule has 0 spiro atoms. The van der Waals surface area contributed by atoms with Crippen molar-refractivity contribution in [2.75, 3.05) is 25.0 Å². The second-order valence-corrected chi connectivity index (χ2v) is 9.42. The molecule has 2 heterocycles. The first-order valence-electron chi connectivity index (χ1n) is 10.1. The molecule has 1 aliphatic rings. The van der Waals surface area contributed by atoms with Crippen LogP contribution in [0.3, 0.4) is 0 Å². The fraction of sp³-hybridized carbons (Fsp3) is 0.261. The average Bonchev–Trinajstić information content (AvgIpc) is 3.23. The molecule has 3 aromatic rings. The van der Waals surface area contributed by atoms with Gasteiger partial charge in [0.25, 0.3) is 5.91 Å². The number of nitrogens with one attached hydrogen (secondary N) is 1. The van der Waals surface area contributed by atoms with Crippen molar-refractivity contribution in [1.29, 1.82) is 0 Å². The number of anilines is 1. The van der Waals surface area contributed by atoms with Crippen molar-refractivity contribution in [3.8, 4) is 0 Å². The molecule has 7 nitrogen and oxygen atoms in total. The Labute approximate surface area is 182 Å². The van der Waals surface area contributed by atoms with Crippen LogP contribution in [0.2, 0.25) is 0 Å². The van der Waals surface area contributed by atoms with Gasteiger partial charge in [0.2, 0.25) is 10.0 Å². The van der Waals surface area contributed by atoms with Gasteiger partial charge in [0.15, 0.2) is 0 Å². The number of furan rings is 1. The van der Waals surface area contributed by atoms with Crippen molar-refractivity contribution < 1.29 is 17.6 Å². The van der Waals surface area contributed by atoms with E-state index < -0.39 is 10.0 Å². The second kappa shape index (κ2) is 8.56. The molecule has 0 aliphatic carbocycles. The minimum absolute atomic E-state index is 0.0434. The molecule has 1 aliphatic heterocycles. The maximum Gasteiger partial charge on any atom is 0.254 e. The van der Waals surface area contributed by atoms with Gasteiger partial charge in [0.05, 0.1) is 17.7 Å². The Morgan fingerprint density at radius 3 is 2.68 bits per heavy atom. The number of carbonyl (C=O) groups excluding carboxylic acids is 1. The third-order valence-corrected chi connectivity index (χ3v) is 6.92. The fourth-order valence-electron chi connectivity index (χ4n) is 3.70. The Kier molecular flexibility index (Phi) is 5.84. The van der Waals surface area contributed by atoms with Crippen molar-refractivity contribution in [3.05, 3.63) is 83.3 Å². The Morgan fingerprint density at radius 2 is 1.90 bits per heavy atom. The number of para-hydroxylation sites is 1. The highest BCUT2D eigenvalue weighted by molar-refractivity contribution is 7.89. The van der Waals surface area contributed by atoms with Gasteiger partial charge in [-0.1, -0.05) is 24.3 Å². The number of sulfonamides is 1. The lowest BCUT2D eigenvalue weighted by Crippen LogP contribution is -2.35. The van der Waals surface area contributed by atoms with Gasteiger partial charge in [-0.15, -0.1) is 0 Å². The van der Waals surface area contributed by atoms with E-state index in [9.17, 15) is 13.2 Å². The molecule has 31 heavy (non-hydrogen) atoms. The van der Waals surface area contributed by atoms with Gasteiger partial charge in [-0.25, -0.2) is 13.1 Å². The molecular weight excluding hydrogens is 414 g/mol. The lowest BCUT2D eigenvalue weighted by Gasteiger charge is -2.22. The Morgan fingerprint density at radius 1 is 1.10 bits per heavy atom. The summed E-state index contributed by atoms with van der Waals surface area (Å²) in [6.45, 7) is 3.59. The van der Waals surface area contributed by atoms with Crippen LogP contribution in [-0.4, -0.2) is 39.4 Å². The zero-order chi connectivity index (χ0) is 22.0. The molecule has 0 unspecified atom stereocenters. The Bertz CT molecular complexity index is 1190. The molecule has 4 rings (SSSR count). The number of benzene rings is 2. The highest BCUT2D eigenvalue weighted by Gasteiger charge is 2.25. The number of carbonyl (C=O) groups is 1. The lowest BCUT2D eigenvalue weighted by atomic mass is 10.1. The topological polar surface area (TPSA) is 82.9 Å². The van der Waals surface area contributed by atoms with Crippen LogP contribution in [0.4, 0.5) is 5.69 Å². The van der Waals surface area contributed by atoms with Crippen molar-refractivity contribution in [2.24, 2.45) is 0 Å². The molecular formula is C23H25N3O4S. The summed E-state index contributed by atoms with van der Waals surface area (Å²) < 4.78 is 33.2. The minimum Gasteiger partial charge on any atom is -0.468 e. The number of amides is 1. The molecule has 0 atom stereocenters. The maximum atomic E-state index is 13.4. The third-order valence-electron chi connectivity index (χ3n) is 5.52. The summed E-state index contributed by atoms with van der Waals surface area (Å²) in [6.07, 6.45) is 1.49. The van der Waals surface area contributed by atoms with E-state index in [1.54, 1.807) is 23.1 Å². The van der Waals surface area contributed by atoms with E-state index in [1.165, 1.54) is 18.4 Å². The van der Waals surface area contributed by atoms with Gasteiger partial charge in [0.1, 0.15) is 5.76 Å². The monoisotopic (exact) mass is 439 g/mol. The van der Waals surface area contributed by atoms with Gasteiger partial charge in [-0.2, -0.15) is 0 Å².